The highest BCUT2D eigenvalue weighted by molar-refractivity contribution is 5.82. The standard InChI is InChI=1S/C17H15N3O/c1-13(21)19-20-12-16(14-8-4-2-5-9-14)18-17(20)15-10-6-3-7-11-15/h2-12H,1H3,(H,19,21). The number of carbonyl (C=O) groups is 1. The minimum atomic E-state index is -0.135. The van der Waals surface area contributed by atoms with E-state index in [4.69, 9.17) is 0 Å². The summed E-state index contributed by atoms with van der Waals surface area (Å²) in [6.07, 6.45) is 1.83. The molecule has 3 aromatic rings. The molecule has 0 aliphatic carbocycles. The number of hydrogen-bond acceptors (Lipinski definition) is 2. The first kappa shape index (κ1) is 13.1. The summed E-state index contributed by atoms with van der Waals surface area (Å²) >= 11 is 0. The summed E-state index contributed by atoms with van der Waals surface area (Å²) < 4.78 is 1.67. The Morgan fingerprint density at radius 1 is 0.952 bits per heavy atom. The summed E-state index contributed by atoms with van der Waals surface area (Å²) in [5, 5.41) is 0. The van der Waals surface area contributed by atoms with Crippen molar-refractivity contribution in [3.8, 4) is 22.6 Å². The van der Waals surface area contributed by atoms with Crippen molar-refractivity contribution in [2.75, 3.05) is 5.43 Å². The van der Waals surface area contributed by atoms with Crippen molar-refractivity contribution in [1.82, 2.24) is 9.66 Å². The van der Waals surface area contributed by atoms with Crippen LogP contribution in [-0.2, 0) is 4.79 Å². The van der Waals surface area contributed by atoms with Crippen LogP contribution >= 0.6 is 0 Å². The Bertz CT molecular complexity index is 748. The quantitative estimate of drug-likeness (QED) is 0.798. The average molecular weight is 277 g/mol. The first-order valence-electron chi connectivity index (χ1n) is 6.72. The minimum absolute atomic E-state index is 0.135. The van der Waals surface area contributed by atoms with Crippen LogP contribution in [0.3, 0.4) is 0 Å². The van der Waals surface area contributed by atoms with Crippen molar-refractivity contribution in [1.29, 1.82) is 0 Å². The zero-order chi connectivity index (χ0) is 14.7. The Morgan fingerprint density at radius 2 is 1.52 bits per heavy atom. The molecule has 0 radical (unpaired) electrons. The average Bonchev–Trinajstić information content (AvgIpc) is 2.92. The Labute approximate surface area is 123 Å². The molecule has 104 valence electrons. The van der Waals surface area contributed by atoms with Crippen LogP contribution in [0.25, 0.3) is 22.6 Å². The number of imidazole rings is 1. The van der Waals surface area contributed by atoms with E-state index in [0.29, 0.717) is 5.82 Å². The van der Waals surface area contributed by atoms with E-state index in [1.165, 1.54) is 6.92 Å². The Kier molecular flexibility index (Phi) is 3.51. The molecule has 0 saturated carbocycles. The summed E-state index contributed by atoms with van der Waals surface area (Å²) in [6, 6.07) is 19.7. The van der Waals surface area contributed by atoms with Gasteiger partial charge < -0.3 is 0 Å². The molecule has 1 amide bonds. The molecule has 3 rings (SSSR count). The third-order valence-electron chi connectivity index (χ3n) is 3.09. The Balaban J connectivity index is 2.10. The van der Waals surface area contributed by atoms with Gasteiger partial charge in [-0.05, 0) is 0 Å². The molecule has 0 aliphatic rings. The number of benzene rings is 2. The number of carbonyl (C=O) groups excluding carboxylic acids is 1. The van der Waals surface area contributed by atoms with Crippen LogP contribution in [-0.4, -0.2) is 15.6 Å². The van der Waals surface area contributed by atoms with E-state index in [-0.39, 0.29) is 5.91 Å². The highest BCUT2D eigenvalue weighted by atomic mass is 16.2. The largest absolute Gasteiger partial charge is 0.274 e. The summed E-state index contributed by atoms with van der Waals surface area (Å²) in [4.78, 5) is 16.0. The summed E-state index contributed by atoms with van der Waals surface area (Å²) in [5.74, 6) is 0.578. The topological polar surface area (TPSA) is 46.9 Å². The molecule has 0 unspecified atom stereocenters. The number of nitrogens with zero attached hydrogens (tertiary/aromatic N) is 2. The molecule has 1 heterocycles. The maximum absolute atomic E-state index is 11.4. The van der Waals surface area contributed by atoms with Crippen molar-refractivity contribution in [3.05, 3.63) is 66.9 Å². The van der Waals surface area contributed by atoms with Gasteiger partial charge in [-0.2, -0.15) is 0 Å². The summed E-state index contributed by atoms with van der Waals surface area (Å²) in [5.41, 5.74) is 5.56. The second kappa shape index (κ2) is 5.63. The van der Waals surface area contributed by atoms with E-state index in [0.717, 1.165) is 16.8 Å². The lowest BCUT2D eigenvalue weighted by molar-refractivity contribution is -0.115. The van der Waals surface area contributed by atoms with Gasteiger partial charge in [0.25, 0.3) is 0 Å². The zero-order valence-corrected chi connectivity index (χ0v) is 11.7. The van der Waals surface area contributed by atoms with Gasteiger partial charge in [-0.25, -0.2) is 9.66 Å². The third-order valence-corrected chi connectivity index (χ3v) is 3.09. The lowest BCUT2D eigenvalue weighted by Gasteiger charge is -2.06. The second-order valence-corrected chi connectivity index (χ2v) is 4.72. The van der Waals surface area contributed by atoms with Gasteiger partial charge in [0.2, 0.25) is 5.91 Å². The minimum Gasteiger partial charge on any atom is -0.274 e. The van der Waals surface area contributed by atoms with Crippen LogP contribution < -0.4 is 5.43 Å². The number of rotatable bonds is 3. The smallest absolute Gasteiger partial charge is 0.235 e. The molecular formula is C17H15N3O. The van der Waals surface area contributed by atoms with Crippen molar-refractivity contribution in [2.45, 2.75) is 6.92 Å². The van der Waals surface area contributed by atoms with Gasteiger partial charge in [0.05, 0.1) is 11.9 Å². The molecule has 0 bridgehead atoms. The summed E-state index contributed by atoms with van der Waals surface area (Å²) in [6.45, 7) is 1.48. The highest BCUT2D eigenvalue weighted by Gasteiger charge is 2.12. The maximum Gasteiger partial charge on any atom is 0.235 e. The number of amides is 1. The maximum atomic E-state index is 11.4. The predicted molar refractivity (Wildman–Crippen MR) is 83.1 cm³/mol. The molecule has 0 spiro atoms. The van der Waals surface area contributed by atoms with Gasteiger partial charge in [-0.3, -0.25) is 10.2 Å². The van der Waals surface area contributed by atoms with Crippen molar-refractivity contribution < 1.29 is 4.79 Å². The fourth-order valence-electron chi connectivity index (χ4n) is 2.17. The molecule has 1 N–H and O–H groups in total. The normalized spacial score (nSPS) is 10.3. The molecule has 4 nitrogen and oxygen atoms in total. The molecule has 1 aromatic heterocycles. The third kappa shape index (κ3) is 2.84. The SMILES string of the molecule is CC(=O)Nn1cc(-c2ccccc2)nc1-c1ccccc1. The lowest BCUT2D eigenvalue weighted by Crippen LogP contribution is -2.19. The molecule has 0 aliphatic heterocycles. The number of nitrogens with one attached hydrogen (secondary N) is 1. The monoisotopic (exact) mass is 277 g/mol. The van der Waals surface area contributed by atoms with Crippen LogP contribution in [0.1, 0.15) is 6.92 Å². The van der Waals surface area contributed by atoms with Crippen molar-refractivity contribution >= 4 is 5.91 Å². The van der Waals surface area contributed by atoms with Crippen LogP contribution in [0.15, 0.2) is 66.9 Å². The number of hydrogen-bond donors (Lipinski definition) is 1. The predicted octanol–water partition coefficient (Wildman–Crippen LogP) is 3.31. The molecular weight excluding hydrogens is 262 g/mol. The Morgan fingerprint density at radius 3 is 2.10 bits per heavy atom. The van der Waals surface area contributed by atoms with Crippen LogP contribution in [0, 0.1) is 0 Å². The lowest BCUT2D eigenvalue weighted by atomic mass is 10.2. The zero-order valence-electron chi connectivity index (χ0n) is 11.7. The van der Waals surface area contributed by atoms with Gasteiger partial charge in [-0.1, -0.05) is 60.7 Å². The van der Waals surface area contributed by atoms with Crippen LogP contribution in [0.5, 0.6) is 0 Å². The second-order valence-electron chi connectivity index (χ2n) is 4.72. The van der Waals surface area contributed by atoms with Gasteiger partial charge in [0.1, 0.15) is 0 Å². The number of aromatic nitrogens is 2. The molecule has 0 saturated heterocycles. The van der Waals surface area contributed by atoms with E-state index in [2.05, 4.69) is 10.4 Å². The summed E-state index contributed by atoms with van der Waals surface area (Å²) in [7, 11) is 0. The van der Waals surface area contributed by atoms with Gasteiger partial charge in [0.15, 0.2) is 5.82 Å². The fraction of sp³-hybridized carbons (Fsp3) is 0.0588. The Hall–Kier alpha value is -2.88. The van der Waals surface area contributed by atoms with E-state index in [1.54, 1.807) is 4.68 Å². The van der Waals surface area contributed by atoms with Crippen molar-refractivity contribution in [2.24, 2.45) is 0 Å². The van der Waals surface area contributed by atoms with E-state index in [1.807, 2.05) is 66.9 Å². The van der Waals surface area contributed by atoms with Gasteiger partial charge in [-0.15, -0.1) is 0 Å². The first-order valence-corrected chi connectivity index (χ1v) is 6.72. The first-order chi connectivity index (χ1) is 10.2. The molecule has 0 fully saturated rings. The van der Waals surface area contributed by atoms with E-state index < -0.39 is 0 Å². The van der Waals surface area contributed by atoms with E-state index in [9.17, 15) is 4.79 Å². The van der Waals surface area contributed by atoms with Crippen molar-refractivity contribution in [3.63, 3.8) is 0 Å². The molecule has 2 aromatic carbocycles. The van der Waals surface area contributed by atoms with Crippen LogP contribution in [0.4, 0.5) is 0 Å². The molecule has 21 heavy (non-hydrogen) atoms. The highest BCUT2D eigenvalue weighted by Crippen LogP contribution is 2.23. The van der Waals surface area contributed by atoms with Crippen LogP contribution in [0.2, 0.25) is 0 Å². The van der Waals surface area contributed by atoms with Gasteiger partial charge >= 0.3 is 0 Å². The molecule has 0 atom stereocenters. The fourth-order valence-corrected chi connectivity index (χ4v) is 2.17. The van der Waals surface area contributed by atoms with E-state index >= 15 is 0 Å². The molecule has 4 heteroatoms. The van der Waals surface area contributed by atoms with Gasteiger partial charge in [0, 0.05) is 18.1 Å².